The van der Waals surface area contributed by atoms with Crippen LogP contribution in [0.5, 0.6) is 0 Å². The van der Waals surface area contributed by atoms with E-state index in [0.717, 1.165) is 18.8 Å². The van der Waals surface area contributed by atoms with Gasteiger partial charge >= 0.3 is 0 Å². The fraction of sp³-hybridized carbons (Fsp3) is 0.929. The minimum atomic E-state index is 0.319. The molecule has 0 spiro atoms. The van der Waals surface area contributed by atoms with Crippen molar-refractivity contribution in [1.29, 1.82) is 5.26 Å². The highest BCUT2D eigenvalue weighted by Crippen LogP contribution is 2.55. The molecule has 0 heterocycles. The van der Waals surface area contributed by atoms with Crippen molar-refractivity contribution >= 4 is 0 Å². The molecule has 0 unspecified atom stereocenters. The summed E-state index contributed by atoms with van der Waals surface area (Å²) in [7, 11) is 0. The molecule has 1 heteroatoms. The number of hydrogen-bond donors (Lipinski definition) is 0. The van der Waals surface area contributed by atoms with Crippen molar-refractivity contribution in [2.75, 3.05) is 0 Å². The molecule has 1 rings (SSSR count). The molecule has 1 fully saturated rings. The molecule has 0 atom stereocenters. The smallest absolute Gasteiger partial charge is 0.0655 e. The van der Waals surface area contributed by atoms with E-state index in [0.29, 0.717) is 16.7 Å². The summed E-state index contributed by atoms with van der Waals surface area (Å²) < 4.78 is 0. The number of hydrogen-bond acceptors (Lipinski definition) is 1. The lowest BCUT2D eigenvalue weighted by Gasteiger charge is -2.51. The molecule has 15 heavy (non-hydrogen) atoms. The Morgan fingerprint density at radius 1 is 1.20 bits per heavy atom. The Hall–Kier alpha value is -0.510. The van der Waals surface area contributed by atoms with Crippen LogP contribution >= 0.6 is 0 Å². The fourth-order valence-corrected chi connectivity index (χ4v) is 3.46. The summed E-state index contributed by atoms with van der Waals surface area (Å²) in [5.74, 6) is 1.04. The summed E-state index contributed by atoms with van der Waals surface area (Å²) in [6.45, 7) is 11.8. The average Bonchev–Trinajstić information content (AvgIpc) is 2.16. The Balaban J connectivity index is 2.84. The van der Waals surface area contributed by atoms with Crippen LogP contribution in [-0.2, 0) is 0 Å². The zero-order valence-electron chi connectivity index (χ0n) is 10.9. The van der Waals surface area contributed by atoms with E-state index in [9.17, 15) is 0 Å². The van der Waals surface area contributed by atoms with Gasteiger partial charge in [-0.25, -0.2) is 0 Å². The van der Waals surface area contributed by atoms with Crippen molar-refractivity contribution < 1.29 is 0 Å². The van der Waals surface area contributed by atoms with Crippen molar-refractivity contribution in [2.24, 2.45) is 22.7 Å². The van der Waals surface area contributed by atoms with Gasteiger partial charge in [-0.3, -0.25) is 0 Å². The third-order valence-corrected chi connectivity index (χ3v) is 4.66. The Kier molecular flexibility index (Phi) is 3.48. The van der Waals surface area contributed by atoms with Gasteiger partial charge in [-0.05, 0) is 42.4 Å². The predicted octanol–water partition coefficient (Wildman–Crippen LogP) is 4.39. The molecule has 0 aromatic rings. The van der Waals surface area contributed by atoms with Gasteiger partial charge in [-0.2, -0.15) is 5.26 Å². The van der Waals surface area contributed by atoms with Gasteiger partial charge in [0, 0.05) is 5.92 Å². The standard InChI is InChI=1S/C14H25N/c1-11(2)14(13(3,4)5)8-6-12(10-15)7-9-14/h11-12H,6-9H2,1-5H3. The van der Waals surface area contributed by atoms with E-state index in [1.165, 1.54) is 12.8 Å². The van der Waals surface area contributed by atoms with Crippen LogP contribution in [0, 0.1) is 34.0 Å². The normalized spacial score (nSPS) is 32.7. The average molecular weight is 207 g/mol. The third kappa shape index (κ3) is 2.19. The largest absolute Gasteiger partial charge is 0.198 e. The Bertz CT molecular complexity index is 243. The maximum absolute atomic E-state index is 8.95. The van der Waals surface area contributed by atoms with Crippen molar-refractivity contribution in [3.63, 3.8) is 0 Å². The van der Waals surface area contributed by atoms with Crippen molar-refractivity contribution in [3.05, 3.63) is 0 Å². The maximum Gasteiger partial charge on any atom is 0.0655 e. The van der Waals surface area contributed by atoms with E-state index in [1.807, 2.05) is 0 Å². The zero-order valence-corrected chi connectivity index (χ0v) is 10.9. The van der Waals surface area contributed by atoms with E-state index in [2.05, 4.69) is 40.7 Å². The highest BCUT2D eigenvalue weighted by molar-refractivity contribution is 4.99. The lowest BCUT2D eigenvalue weighted by atomic mass is 9.53. The molecular formula is C14H25N. The first kappa shape index (κ1) is 12.6. The molecule has 86 valence electrons. The van der Waals surface area contributed by atoms with Crippen LogP contribution < -0.4 is 0 Å². The lowest BCUT2D eigenvalue weighted by molar-refractivity contribution is -0.0162. The van der Waals surface area contributed by atoms with Gasteiger partial charge in [-0.1, -0.05) is 34.6 Å². The molecule has 1 saturated carbocycles. The quantitative estimate of drug-likeness (QED) is 0.625. The minimum Gasteiger partial charge on any atom is -0.198 e. The summed E-state index contributed by atoms with van der Waals surface area (Å²) in [6.07, 6.45) is 4.66. The van der Waals surface area contributed by atoms with E-state index < -0.39 is 0 Å². The fourth-order valence-electron chi connectivity index (χ4n) is 3.46. The molecule has 0 bridgehead atoms. The number of nitrogens with zero attached hydrogens (tertiary/aromatic N) is 1. The molecule has 0 aromatic carbocycles. The molecule has 0 radical (unpaired) electrons. The second-order valence-corrected chi connectivity index (χ2v) is 6.46. The molecule has 1 nitrogen and oxygen atoms in total. The number of nitriles is 1. The molecule has 1 aliphatic carbocycles. The predicted molar refractivity (Wildman–Crippen MR) is 64.3 cm³/mol. The Morgan fingerprint density at radius 2 is 1.67 bits per heavy atom. The highest BCUT2D eigenvalue weighted by Gasteiger charge is 2.46. The first-order chi connectivity index (χ1) is 6.83. The van der Waals surface area contributed by atoms with Crippen LogP contribution in [0.25, 0.3) is 0 Å². The molecule has 0 amide bonds. The van der Waals surface area contributed by atoms with Gasteiger partial charge in [0.1, 0.15) is 0 Å². The van der Waals surface area contributed by atoms with Crippen molar-refractivity contribution in [2.45, 2.75) is 60.3 Å². The van der Waals surface area contributed by atoms with Gasteiger partial charge in [0.05, 0.1) is 6.07 Å². The van der Waals surface area contributed by atoms with Crippen LogP contribution in [0.1, 0.15) is 60.3 Å². The van der Waals surface area contributed by atoms with E-state index in [-0.39, 0.29) is 0 Å². The maximum atomic E-state index is 8.95. The molecule has 0 saturated heterocycles. The second kappa shape index (κ2) is 4.16. The number of rotatable bonds is 1. The zero-order chi connectivity index (χ0) is 11.7. The summed E-state index contributed by atoms with van der Waals surface area (Å²) in [6, 6.07) is 2.43. The third-order valence-electron chi connectivity index (χ3n) is 4.66. The summed E-state index contributed by atoms with van der Waals surface area (Å²) in [4.78, 5) is 0. The first-order valence-corrected chi connectivity index (χ1v) is 6.23. The van der Waals surface area contributed by atoms with Gasteiger partial charge in [0.2, 0.25) is 0 Å². The van der Waals surface area contributed by atoms with Gasteiger partial charge in [0.25, 0.3) is 0 Å². The van der Waals surface area contributed by atoms with E-state index in [4.69, 9.17) is 5.26 Å². The van der Waals surface area contributed by atoms with E-state index in [1.54, 1.807) is 0 Å². The lowest BCUT2D eigenvalue weighted by Crippen LogP contribution is -2.43. The Labute approximate surface area is 94.9 Å². The summed E-state index contributed by atoms with van der Waals surface area (Å²) in [5.41, 5.74) is 0.807. The molecule has 0 aromatic heterocycles. The topological polar surface area (TPSA) is 23.8 Å². The molecule has 0 aliphatic heterocycles. The van der Waals surface area contributed by atoms with Gasteiger partial charge in [-0.15, -0.1) is 0 Å². The highest BCUT2D eigenvalue weighted by atomic mass is 14.5. The van der Waals surface area contributed by atoms with Crippen LogP contribution in [0.3, 0.4) is 0 Å². The molecular weight excluding hydrogens is 182 g/mol. The van der Waals surface area contributed by atoms with Crippen LogP contribution in [-0.4, -0.2) is 0 Å². The Morgan fingerprint density at radius 3 is 1.93 bits per heavy atom. The van der Waals surface area contributed by atoms with Crippen LogP contribution in [0.2, 0.25) is 0 Å². The minimum absolute atomic E-state index is 0.319. The van der Waals surface area contributed by atoms with Gasteiger partial charge in [0.15, 0.2) is 0 Å². The monoisotopic (exact) mass is 207 g/mol. The molecule has 0 N–H and O–H groups in total. The SMILES string of the molecule is CC(C)C1(C(C)(C)C)CCC(C#N)CC1. The molecule has 1 aliphatic rings. The van der Waals surface area contributed by atoms with Crippen molar-refractivity contribution in [1.82, 2.24) is 0 Å². The van der Waals surface area contributed by atoms with Crippen LogP contribution in [0.4, 0.5) is 0 Å². The van der Waals surface area contributed by atoms with Crippen molar-refractivity contribution in [3.8, 4) is 6.07 Å². The van der Waals surface area contributed by atoms with Crippen LogP contribution in [0.15, 0.2) is 0 Å². The summed E-state index contributed by atoms with van der Waals surface area (Å²) in [5, 5.41) is 8.95. The summed E-state index contributed by atoms with van der Waals surface area (Å²) >= 11 is 0. The second-order valence-electron chi connectivity index (χ2n) is 6.46. The van der Waals surface area contributed by atoms with E-state index >= 15 is 0 Å². The van der Waals surface area contributed by atoms with Gasteiger partial charge < -0.3 is 0 Å². The first-order valence-electron chi connectivity index (χ1n) is 6.23.